The van der Waals surface area contributed by atoms with E-state index in [9.17, 15) is 9.18 Å². The van der Waals surface area contributed by atoms with Crippen LogP contribution in [0.3, 0.4) is 0 Å². The summed E-state index contributed by atoms with van der Waals surface area (Å²) in [4.78, 5) is 15.8. The van der Waals surface area contributed by atoms with E-state index in [-0.39, 0.29) is 23.4 Å². The van der Waals surface area contributed by atoms with Crippen LogP contribution < -0.4 is 10.1 Å². The molecule has 1 atom stereocenters. The van der Waals surface area contributed by atoms with Gasteiger partial charge in [-0.1, -0.05) is 30.3 Å². The minimum absolute atomic E-state index is 0.137. The lowest BCUT2D eigenvalue weighted by Gasteiger charge is -2.46. The van der Waals surface area contributed by atoms with Gasteiger partial charge < -0.3 is 19.5 Å². The van der Waals surface area contributed by atoms with Crippen molar-refractivity contribution in [1.29, 1.82) is 0 Å². The van der Waals surface area contributed by atoms with E-state index in [1.165, 1.54) is 6.07 Å². The predicted molar refractivity (Wildman–Crippen MR) is 127 cm³/mol. The number of hydrogen-bond acceptors (Lipinski definition) is 3. The Bertz CT molecular complexity index is 1190. The van der Waals surface area contributed by atoms with Gasteiger partial charge in [-0.25, -0.2) is 4.39 Å². The predicted octanol–water partition coefficient (Wildman–Crippen LogP) is 4.95. The number of benzene rings is 2. The number of carbonyl (C=O) groups excluding carboxylic acids is 1. The number of para-hydroxylation sites is 2. The van der Waals surface area contributed by atoms with Crippen molar-refractivity contribution >= 4 is 5.91 Å². The fourth-order valence-corrected chi connectivity index (χ4v) is 5.31. The fourth-order valence-electron chi connectivity index (χ4n) is 5.31. The summed E-state index contributed by atoms with van der Waals surface area (Å²) in [5, 5.41) is 3.28. The molecule has 1 amide bonds. The Hall–Kier alpha value is -3.12. The molecule has 1 unspecified atom stereocenters. The largest absolute Gasteiger partial charge is 0.487 e. The number of fused-ring (bicyclic) bond motifs is 1. The van der Waals surface area contributed by atoms with Gasteiger partial charge in [-0.15, -0.1) is 0 Å². The minimum atomic E-state index is -0.311. The third kappa shape index (κ3) is 3.93. The van der Waals surface area contributed by atoms with Crippen molar-refractivity contribution < 1.29 is 13.9 Å². The molecule has 1 fully saturated rings. The molecule has 1 saturated heterocycles. The van der Waals surface area contributed by atoms with Crippen LogP contribution in [0.25, 0.3) is 5.69 Å². The van der Waals surface area contributed by atoms with Gasteiger partial charge in [0.1, 0.15) is 17.2 Å². The van der Waals surface area contributed by atoms with Crippen LogP contribution in [0.2, 0.25) is 0 Å². The number of nitrogens with zero attached hydrogens (tertiary/aromatic N) is 2. The first kappa shape index (κ1) is 21.7. The maximum atomic E-state index is 14.5. The van der Waals surface area contributed by atoms with E-state index in [2.05, 4.69) is 17.3 Å². The SMILES string of the molecule is Cc1cc(C(=O)NC2CC3(CCN(C)CC3)Oc3ccccc32)c(C)n1-c1ccccc1F. The number of nitrogens with one attached hydrogen (secondary N) is 1. The van der Waals surface area contributed by atoms with Crippen LogP contribution in [-0.4, -0.2) is 41.1 Å². The molecule has 2 aliphatic rings. The highest BCUT2D eigenvalue weighted by molar-refractivity contribution is 5.96. The lowest BCUT2D eigenvalue weighted by Crippen LogP contribution is -2.51. The second-order valence-electron chi connectivity index (χ2n) is 9.43. The molecule has 6 heteroatoms. The number of likely N-dealkylation sites (tertiary alicyclic amines) is 1. The molecule has 5 rings (SSSR count). The van der Waals surface area contributed by atoms with Gasteiger partial charge in [-0.3, -0.25) is 4.79 Å². The number of hydrogen-bond donors (Lipinski definition) is 1. The van der Waals surface area contributed by atoms with E-state index >= 15 is 0 Å². The second-order valence-corrected chi connectivity index (χ2v) is 9.43. The maximum absolute atomic E-state index is 14.5. The molecule has 0 aliphatic carbocycles. The molecule has 3 aromatic rings. The lowest BCUT2D eigenvalue weighted by atomic mass is 9.80. The standard InChI is InChI=1S/C27H30FN3O2/c1-18-16-21(19(2)31(18)24-10-6-5-9-22(24)28)26(32)29-23-17-27(12-14-30(3)15-13-27)33-25-11-7-4-8-20(23)25/h4-11,16,23H,12-15,17H2,1-3H3,(H,29,32). The topological polar surface area (TPSA) is 46.5 Å². The van der Waals surface area contributed by atoms with Crippen molar-refractivity contribution in [3.63, 3.8) is 0 Å². The number of carbonyl (C=O) groups is 1. The van der Waals surface area contributed by atoms with E-state index in [0.717, 1.165) is 55.1 Å². The van der Waals surface area contributed by atoms with Crippen LogP contribution in [-0.2, 0) is 0 Å². The molecular weight excluding hydrogens is 417 g/mol. The van der Waals surface area contributed by atoms with Crippen molar-refractivity contribution in [2.24, 2.45) is 0 Å². The smallest absolute Gasteiger partial charge is 0.253 e. The molecule has 33 heavy (non-hydrogen) atoms. The first-order valence-corrected chi connectivity index (χ1v) is 11.6. The third-order valence-corrected chi connectivity index (χ3v) is 7.17. The van der Waals surface area contributed by atoms with E-state index in [4.69, 9.17) is 4.74 Å². The maximum Gasteiger partial charge on any atom is 0.253 e. The Kier molecular flexibility index (Phi) is 5.49. The number of aromatic nitrogens is 1. The minimum Gasteiger partial charge on any atom is -0.487 e. The number of piperidine rings is 1. The molecule has 1 spiro atoms. The third-order valence-electron chi connectivity index (χ3n) is 7.17. The Balaban J connectivity index is 1.45. The Morgan fingerprint density at radius 3 is 2.55 bits per heavy atom. The van der Waals surface area contributed by atoms with Gasteiger partial charge in [-0.2, -0.15) is 0 Å². The van der Waals surface area contributed by atoms with Gasteiger partial charge in [0.15, 0.2) is 0 Å². The molecular formula is C27H30FN3O2. The summed E-state index contributed by atoms with van der Waals surface area (Å²) >= 11 is 0. The summed E-state index contributed by atoms with van der Waals surface area (Å²) < 4.78 is 22.8. The van der Waals surface area contributed by atoms with E-state index in [0.29, 0.717) is 11.3 Å². The molecule has 1 N–H and O–H groups in total. The number of rotatable bonds is 3. The number of aryl methyl sites for hydroxylation is 1. The van der Waals surface area contributed by atoms with Gasteiger partial charge in [0, 0.05) is 36.5 Å². The molecule has 2 aromatic carbocycles. The fraction of sp³-hybridized carbons (Fsp3) is 0.370. The highest BCUT2D eigenvalue weighted by Gasteiger charge is 2.43. The molecule has 3 heterocycles. The Labute approximate surface area is 194 Å². The number of amides is 1. The highest BCUT2D eigenvalue weighted by Crippen LogP contribution is 2.44. The summed E-state index contributed by atoms with van der Waals surface area (Å²) in [6.45, 7) is 5.72. The van der Waals surface area contributed by atoms with E-state index < -0.39 is 0 Å². The van der Waals surface area contributed by atoms with E-state index in [1.54, 1.807) is 22.8 Å². The monoisotopic (exact) mass is 447 g/mol. The molecule has 0 saturated carbocycles. The number of halogens is 1. The summed E-state index contributed by atoms with van der Waals surface area (Å²) in [7, 11) is 2.13. The molecule has 5 nitrogen and oxygen atoms in total. The van der Waals surface area contributed by atoms with Gasteiger partial charge in [-0.05, 0) is 58.0 Å². The molecule has 0 radical (unpaired) electrons. The average Bonchev–Trinajstić information content (AvgIpc) is 3.10. The summed E-state index contributed by atoms with van der Waals surface area (Å²) in [6.07, 6.45) is 2.62. The van der Waals surface area contributed by atoms with Crippen molar-refractivity contribution in [1.82, 2.24) is 14.8 Å². The number of ether oxygens (including phenoxy) is 1. The van der Waals surface area contributed by atoms with E-state index in [1.807, 2.05) is 44.2 Å². The molecule has 1 aromatic heterocycles. The van der Waals surface area contributed by atoms with Crippen LogP contribution in [0.5, 0.6) is 5.75 Å². The average molecular weight is 448 g/mol. The van der Waals surface area contributed by atoms with Crippen molar-refractivity contribution in [2.75, 3.05) is 20.1 Å². The lowest BCUT2D eigenvalue weighted by molar-refractivity contribution is -0.0195. The van der Waals surface area contributed by atoms with Crippen molar-refractivity contribution in [3.8, 4) is 11.4 Å². The van der Waals surface area contributed by atoms with Crippen LogP contribution >= 0.6 is 0 Å². The first-order chi connectivity index (χ1) is 15.9. The van der Waals surface area contributed by atoms with Gasteiger partial charge in [0.05, 0.1) is 17.3 Å². The molecule has 2 aliphatic heterocycles. The zero-order chi connectivity index (χ0) is 23.2. The van der Waals surface area contributed by atoms with Gasteiger partial charge in [0.2, 0.25) is 0 Å². The van der Waals surface area contributed by atoms with Crippen LogP contribution in [0.15, 0.2) is 54.6 Å². The van der Waals surface area contributed by atoms with Crippen LogP contribution in [0, 0.1) is 19.7 Å². The van der Waals surface area contributed by atoms with Gasteiger partial charge in [0.25, 0.3) is 5.91 Å². The second kappa shape index (κ2) is 8.34. The van der Waals surface area contributed by atoms with Crippen LogP contribution in [0.1, 0.15) is 52.6 Å². The summed E-state index contributed by atoms with van der Waals surface area (Å²) in [5.41, 5.74) is 3.32. The first-order valence-electron chi connectivity index (χ1n) is 11.6. The quantitative estimate of drug-likeness (QED) is 0.618. The summed E-state index contributed by atoms with van der Waals surface area (Å²) in [5.74, 6) is 0.403. The zero-order valence-corrected chi connectivity index (χ0v) is 19.4. The zero-order valence-electron chi connectivity index (χ0n) is 19.4. The highest BCUT2D eigenvalue weighted by atomic mass is 19.1. The van der Waals surface area contributed by atoms with Crippen molar-refractivity contribution in [2.45, 2.75) is 44.8 Å². The Morgan fingerprint density at radius 2 is 1.79 bits per heavy atom. The van der Waals surface area contributed by atoms with Crippen molar-refractivity contribution in [3.05, 3.63) is 82.9 Å². The normalized spacial score (nSPS) is 19.7. The summed E-state index contributed by atoms with van der Waals surface area (Å²) in [6, 6.07) is 16.3. The van der Waals surface area contributed by atoms with Gasteiger partial charge >= 0.3 is 0 Å². The molecule has 0 bridgehead atoms. The molecule has 172 valence electrons. The Morgan fingerprint density at radius 1 is 1.09 bits per heavy atom. The van der Waals surface area contributed by atoms with Crippen LogP contribution in [0.4, 0.5) is 4.39 Å².